The Kier molecular flexibility index (Phi) is 3.84. The van der Waals surface area contributed by atoms with E-state index in [0.29, 0.717) is 12.6 Å². The quantitative estimate of drug-likeness (QED) is 0.815. The van der Waals surface area contributed by atoms with Crippen LogP contribution in [0.15, 0.2) is 12.3 Å². The molecule has 1 aromatic rings. The molecule has 4 nitrogen and oxygen atoms in total. The molecular weight excluding hydrogens is 214 g/mol. The zero-order chi connectivity index (χ0) is 12.3. The van der Waals surface area contributed by atoms with Crippen LogP contribution in [0.3, 0.4) is 0 Å². The van der Waals surface area contributed by atoms with Crippen LogP contribution in [0.2, 0.25) is 0 Å². The number of nitrogens with zero attached hydrogens (tertiary/aromatic N) is 2. The number of rotatable bonds is 5. The summed E-state index contributed by atoms with van der Waals surface area (Å²) in [6.07, 6.45) is 7.94. The molecule has 0 radical (unpaired) electrons. The Bertz CT molecular complexity index is 351. The molecule has 1 fully saturated rings. The first-order chi connectivity index (χ1) is 8.17. The van der Waals surface area contributed by atoms with Gasteiger partial charge in [0.1, 0.15) is 0 Å². The second-order valence-corrected chi connectivity index (χ2v) is 5.58. The summed E-state index contributed by atoms with van der Waals surface area (Å²) < 4.78 is 2.09. The fraction of sp³-hybridized carbons (Fsp3) is 0.769. The molecule has 1 saturated carbocycles. The fourth-order valence-corrected chi connectivity index (χ4v) is 2.47. The fourth-order valence-electron chi connectivity index (χ4n) is 2.47. The lowest BCUT2D eigenvalue weighted by molar-refractivity contribution is 0.148. The van der Waals surface area contributed by atoms with Gasteiger partial charge in [-0.05, 0) is 18.9 Å². The molecule has 1 atom stereocenters. The van der Waals surface area contributed by atoms with Crippen molar-refractivity contribution in [3.8, 4) is 0 Å². The maximum Gasteiger partial charge on any atom is 0.0631 e. The van der Waals surface area contributed by atoms with Gasteiger partial charge in [-0.1, -0.05) is 19.8 Å². The van der Waals surface area contributed by atoms with Gasteiger partial charge in [-0.25, -0.2) is 0 Å². The highest BCUT2D eigenvalue weighted by atomic mass is 16.3. The second kappa shape index (κ2) is 5.19. The van der Waals surface area contributed by atoms with Gasteiger partial charge in [-0.15, -0.1) is 0 Å². The third-order valence-electron chi connectivity index (χ3n) is 3.84. The summed E-state index contributed by atoms with van der Waals surface area (Å²) in [6, 6.07) is 2.64. The van der Waals surface area contributed by atoms with E-state index in [0.717, 1.165) is 12.1 Å². The van der Waals surface area contributed by atoms with Gasteiger partial charge < -0.3 is 10.8 Å². The molecular formula is C13H23N3O. The Morgan fingerprint density at radius 2 is 2.24 bits per heavy atom. The monoisotopic (exact) mass is 237 g/mol. The average molecular weight is 237 g/mol. The van der Waals surface area contributed by atoms with Crippen molar-refractivity contribution < 1.29 is 5.11 Å². The Morgan fingerprint density at radius 1 is 1.53 bits per heavy atom. The molecule has 96 valence electrons. The number of hydrogen-bond acceptors (Lipinski definition) is 3. The summed E-state index contributed by atoms with van der Waals surface area (Å²) in [6.45, 7) is 2.60. The molecule has 0 amide bonds. The molecule has 1 aliphatic carbocycles. The van der Waals surface area contributed by atoms with Crippen LogP contribution in [-0.2, 0) is 6.42 Å². The van der Waals surface area contributed by atoms with E-state index in [1.165, 1.54) is 25.7 Å². The van der Waals surface area contributed by atoms with Crippen LogP contribution in [0.1, 0.15) is 44.3 Å². The standard InChI is InChI=1S/C13H23N3O/c1-13(9-14,10-17)8-11-6-7-16(15-11)12-4-2-3-5-12/h6-7,12,17H,2-5,8-10,14H2,1H3. The van der Waals surface area contributed by atoms with Crippen LogP contribution < -0.4 is 5.73 Å². The molecule has 1 aliphatic rings. The maximum atomic E-state index is 9.35. The van der Waals surface area contributed by atoms with Gasteiger partial charge in [0.25, 0.3) is 0 Å². The highest BCUT2D eigenvalue weighted by molar-refractivity contribution is 5.04. The summed E-state index contributed by atoms with van der Waals surface area (Å²) >= 11 is 0. The largest absolute Gasteiger partial charge is 0.396 e. The molecule has 3 N–H and O–H groups in total. The van der Waals surface area contributed by atoms with Crippen LogP contribution in [0.5, 0.6) is 0 Å². The molecule has 0 saturated heterocycles. The molecule has 1 unspecified atom stereocenters. The molecule has 0 bridgehead atoms. The van der Waals surface area contributed by atoms with Gasteiger partial charge in [0.15, 0.2) is 0 Å². The van der Waals surface area contributed by atoms with E-state index in [4.69, 9.17) is 5.73 Å². The lowest BCUT2D eigenvalue weighted by atomic mass is 9.87. The molecule has 0 aliphatic heterocycles. The maximum absolute atomic E-state index is 9.35. The Balaban J connectivity index is 2.02. The van der Waals surface area contributed by atoms with Gasteiger partial charge in [-0.2, -0.15) is 5.10 Å². The van der Waals surface area contributed by atoms with Gasteiger partial charge in [0, 0.05) is 24.6 Å². The predicted molar refractivity (Wildman–Crippen MR) is 67.7 cm³/mol. The van der Waals surface area contributed by atoms with Crippen LogP contribution in [0, 0.1) is 5.41 Å². The third-order valence-corrected chi connectivity index (χ3v) is 3.84. The van der Waals surface area contributed by atoms with Crippen molar-refractivity contribution in [1.82, 2.24) is 9.78 Å². The summed E-state index contributed by atoms with van der Waals surface area (Å²) in [4.78, 5) is 0. The van der Waals surface area contributed by atoms with Crippen molar-refractivity contribution in [3.63, 3.8) is 0 Å². The van der Waals surface area contributed by atoms with Gasteiger partial charge in [0.05, 0.1) is 18.3 Å². The second-order valence-electron chi connectivity index (χ2n) is 5.58. The van der Waals surface area contributed by atoms with Crippen LogP contribution in [0.25, 0.3) is 0 Å². The predicted octanol–water partition coefficient (Wildman–Crippen LogP) is 1.50. The van der Waals surface area contributed by atoms with Crippen LogP contribution >= 0.6 is 0 Å². The van der Waals surface area contributed by atoms with Gasteiger partial charge in [0.2, 0.25) is 0 Å². The summed E-state index contributed by atoms with van der Waals surface area (Å²) in [5.74, 6) is 0. The first-order valence-electron chi connectivity index (χ1n) is 6.52. The van der Waals surface area contributed by atoms with Crippen molar-refractivity contribution in [2.24, 2.45) is 11.1 Å². The van der Waals surface area contributed by atoms with Gasteiger partial charge >= 0.3 is 0 Å². The smallest absolute Gasteiger partial charge is 0.0631 e. The van der Waals surface area contributed by atoms with Gasteiger partial charge in [-0.3, -0.25) is 4.68 Å². The molecule has 1 aromatic heterocycles. The number of aliphatic hydroxyl groups excluding tert-OH is 1. The minimum Gasteiger partial charge on any atom is -0.396 e. The zero-order valence-electron chi connectivity index (χ0n) is 10.6. The average Bonchev–Trinajstić information content (AvgIpc) is 2.98. The van der Waals surface area contributed by atoms with E-state index in [-0.39, 0.29) is 12.0 Å². The van der Waals surface area contributed by atoms with Crippen molar-refractivity contribution in [2.75, 3.05) is 13.2 Å². The van der Waals surface area contributed by atoms with Crippen molar-refractivity contribution in [1.29, 1.82) is 0 Å². The highest BCUT2D eigenvalue weighted by Crippen LogP contribution is 2.29. The topological polar surface area (TPSA) is 64.1 Å². The number of hydrogen-bond donors (Lipinski definition) is 2. The first-order valence-corrected chi connectivity index (χ1v) is 6.52. The molecule has 0 aromatic carbocycles. The van der Waals surface area contributed by atoms with E-state index in [9.17, 15) is 5.11 Å². The van der Waals surface area contributed by atoms with E-state index >= 15 is 0 Å². The minimum absolute atomic E-state index is 0.111. The Labute approximate surface area is 103 Å². The normalized spacial score (nSPS) is 20.6. The van der Waals surface area contributed by atoms with Crippen LogP contribution in [0.4, 0.5) is 0 Å². The van der Waals surface area contributed by atoms with E-state index < -0.39 is 0 Å². The summed E-state index contributed by atoms with van der Waals surface area (Å²) in [5.41, 5.74) is 6.50. The third kappa shape index (κ3) is 2.87. The molecule has 2 rings (SSSR count). The molecule has 1 heterocycles. The minimum atomic E-state index is -0.241. The van der Waals surface area contributed by atoms with Crippen molar-refractivity contribution in [2.45, 2.75) is 45.1 Å². The molecule has 0 spiro atoms. The number of aromatic nitrogens is 2. The lowest BCUT2D eigenvalue weighted by Crippen LogP contribution is -2.33. The van der Waals surface area contributed by atoms with E-state index in [1.807, 2.05) is 6.92 Å². The Hall–Kier alpha value is -0.870. The van der Waals surface area contributed by atoms with E-state index in [1.54, 1.807) is 0 Å². The number of nitrogens with two attached hydrogens (primary N) is 1. The molecule has 17 heavy (non-hydrogen) atoms. The van der Waals surface area contributed by atoms with Crippen LogP contribution in [-0.4, -0.2) is 28.0 Å². The van der Waals surface area contributed by atoms with E-state index in [2.05, 4.69) is 22.0 Å². The van der Waals surface area contributed by atoms with Crippen molar-refractivity contribution >= 4 is 0 Å². The highest BCUT2D eigenvalue weighted by Gasteiger charge is 2.24. The summed E-state index contributed by atoms with van der Waals surface area (Å²) in [7, 11) is 0. The lowest BCUT2D eigenvalue weighted by Gasteiger charge is -2.24. The first kappa shape index (κ1) is 12.6. The molecule has 4 heteroatoms. The Morgan fingerprint density at radius 3 is 2.82 bits per heavy atom. The zero-order valence-corrected chi connectivity index (χ0v) is 10.6. The summed E-state index contributed by atoms with van der Waals surface area (Å²) in [5, 5.41) is 14.0. The van der Waals surface area contributed by atoms with Crippen molar-refractivity contribution in [3.05, 3.63) is 18.0 Å². The SMILES string of the molecule is CC(CN)(CO)Cc1ccn(C2CCCC2)n1. The number of aliphatic hydroxyl groups is 1.